The summed E-state index contributed by atoms with van der Waals surface area (Å²) in [6, 6.07) is 5.09. The predicted octanol–water partition coefficient (Wildman–Crippen LogP) is 3.60. The van der Waals surface area contributed by atoms with Crippen molar-refractivity contribution in [1.29, 1.82) is 0 Å². The third kappa shape index (κ3) is 4.78. The third-order valence-corrected chi connectivity index (χ3v) is 3.87. The van der Waals surface area contributed by atoms with E-state index in [0.717, 1.165) is 12.0 Å². The van der Waals surface area contributed by atoms with Crippen molar-refractivity contribution in [3.63, 3.8) is 0 Å². The molecule has 1 aromatic rings. The quantitative estimate of drug-likeness (QED) is 0.607. The predicted molar refractivity (Wildman–Crippen MR) is 75.8 cm³/mol. The van der Waals surface area contributed by atoms with Crippen LogP contribution in [-0.2, 0) is 17.8 Å². The first kappa shape index (κ1) is 15.2. The van der Waals surface area contributed by atoms with Gasteiger partial charge in [0.2, 0.25) is 0 Å². The highest BCUT2D eigenvalue weighted by Gasteiger charge is 2.25. The van der Waals surface area contributed by atoms with Crippen molar-refractivity contribution in [3.8, 4) is 0 Å². The lowest BCUT2D eigenvalue weighted by atomic mass is 10.1. The summed E-state index contributed by atoms with van der Waals surface area (Å²) in [5.41, 5.74) is 1.73. The van der Waals surface area contributed by atoms with Gasteiger partial charge < -0.3 is 4.55 Å². The molecule has 0 amide bonds. The molecule has 4 heteroatoms. The van der Waals surface area contributed by atoms with Crippen LogP contribution in [0.25, 0.3) is 0 Å². The van der Waals surface area contributed by atoms with Gasteiger partial charge in [-0.05, 0) is 57.7 Å². The second-order valence-electron chi connectivity index (χ2n) is 5.27. The first-order valence-electron chi connectivity index (χ1n) is 6.00. The van der Waals surface area contributed by atoms with Crippen molar-refractivity contribution >= 4 is 17.6 Å². The second-order valence-corrected chi connectivity index (χ2v) is 7.21. The number of benzene rings is 1. The average molecular weight is 269 g/mol. The molecule has 0 saturated heterocycles. The van der Waals surface area contributed by atoms with Gasteiger partial charge in [0, 0.05) is 0 Å². The minimum absolute atomic E-state index is 0.179. The van der Waals surface area contributed by atoms with Gasteiger partial charge in [0.1, 0.15) is 21.9 Å². The largest absolute Gasteiger partial charge is 0.591 e. The molecule has 0 aliphatic rings. The van der Waals surface area contributed by atoms with E-state index in [0.29, 0.717) is 12.0 Å². The minimum Gasteiger partial charge on any atom is -0.591 e. The van der Waals surface area contributed by atoms with Gasteiger partial charge in [0.25, 0.3) is 0 Å². The lowest BCUT2D eigenvalue weighted by Gasteiger charge is -2.17. The molecule has 1 atom stereocenters. The summed E-state index contributed by atoms with van der Waals surface area (Å²) in [4.78, 5) is 0. The third-order valence-electron chi connectivity index (χ3n) is 2.48. The number of rotatable bonds is 4. The molecule has 18 heavy (non-hydrogen) atoms. The van der Waals surface area contributed by atoms with Gasteiger partial charge in [-0.15, -0.1) is 0 Å². The zero-order valence-corrected chi connectivity index (χ0v) is 12.2. The highest BCUT2D eigenvalue weighted by atomic mass is 32.2. The maximum atomic E-state index is 13.1. The number of halogens is 1. The molecule has 0 radical (unpaired) electrons. The van der Waals surface area contributed by atoms with Crippen molar-refractivity contribution in [3.05, 3.63) is 35.1 Å². The van der Waals surface area contributed by atoms with Crippen LogP contribution in [0.1, 0.15) is 38.3 Å². The van der Waals surface area contributed by atoms with Crippen molar-refractivity contribution in [2.24, 2.45) is 4.40 Å². The van der Waals surface area contributed by atoms with Crippen LogP contribution in [0.2, 0.25) is 0 Å². The molecule has 0 heterocycles. The van der Waals surface area contributed by atoms with E-state index >= 15 is 0 Å². The maximum Gasteiger partial charge on any atom is 0.144 e. The summed E-state index contributed by atoms with van der Waals surface area (Å²) < 4.78 is 28.4. The normalized spacial score (nSPS) is 14.1. The Hall–Kier alpha value is -0.870. The first-order chi connectivity index (χ1) is 8.30. The van der Waals surface area contributed by atoms with Gasteiger partial charge in [-0.2, -0.15) is 0 Å². The van der Waals surface area contributed by atoms with E-state index in [4.69, 9.17) is 0 Å². The Morgan fingerprint density at radius 2 is 2.06 bits per heavy atom. The molecule has 0 aromatic heterocycles. The smallest absolute Gasteiger partial charge is 0.144 e. The van der Waals surface area contributed by atoms with Crippen LogP contribution < -0.4 is 0 Å². The molecule has 0 aliphatic carbocycles. The van der Waals surface area contributed by atoms with Crippen molar-refractivity contribution in [1.82, 2.24) is 0 Å². The van der Waals surface area contributed by atoms with Gasteiger partial charge in [-0.3, -0.25) is 0 Å². The van der Waals surface area contributed by atoms with Gasteiger partial charge in [0.05, 0.1) is 6.21 Å². The average Bonchev–Trinajstić information content (AvgIpc) is 2.27. The number of nitrogens with zero attached hydrogens (tertiary/aromatic N) is 1. The van der Waals surface area contributed by atoms with E-state index in [9.17, 15) is 8.94 Å². The number of hydrogen-bond donors (Lipinski definition) is 0. The molecule has 2 nitrogen and oxygen atoms in total. The fourth-order valence-corrected chi connectivity index (χ4v) is 1.93. The molecule has 0 N–H and O–H groups in total. The van der Waals surface area contributed by atoms with Crippen molar-refractivity contribution in [2.45, 2.75) is 45.3 Å². The standard InChI is InChI=1S/C14H20FNOS/c1-11-10-12(7-8-13(11)15)6-5-9-16-18(17)14(2,3)4/h7-10H,5-6H2,1-4H3. The summed E-state index contributed by atoms with van der Waals surface area (Å²) in [5.74, 6) is -0.179. The van der Waals surface area contributed by atoms with Crippen LogP contribution in [0.3, 0.4) is 0 Å². The highest BCUT2D eigenvalue weighted by Crippen LogP contribution is 2.16. The van der Waals surface area contributed by atoms with E-state index in [-0.39, 0.29) is 10.6 Å². The van der Waals surface area contributed by atoms with Gasteiger partial charge in [0.15, 0.2) is 0 Å². The first-order valence-corrected chi connectivity index (χ1v) is 7.11. The van der Waals surface area contributed by atoms with Gasteiger partial charge in [-0.1, -0.05) is 16.5 Å². The maximum absolute atomic E-state index is 13.1. The summed E-state index contributed by atoms with van der Waals surface area (Å²) in [6.07, 6.45) is 3.19. The topological polar surface area (TPSA) is 35.4 Å². The van der Waals surface area contributed by atoms with Crippen molar-refractivity contribution < 1.29 is 8.94 Å². The van der Waals surface area contributed by atoms with Gasteiger partial charge in [-0.25, -0.2) is 4.39 Å². The molecule has 1 aromatic carbocycles. The summed E-state index contributed by atoms with van der Waals surface area (Å²) in [6.45, 7) is 7.43. The minimum atomic E-state index is -1.19. The van der Waals surface area contributed by atoms with Crippen LogP contribution in [0, 0.1) is 12.7 Å². The van der Waals surface area contributed by atoms with E-state index in [1.165, 1.54) is 6.07 Å². The zero-order valence-electron chi connectivity index (χ0n) is 11.4. The molecule has 0 saturated carbocycles. The lowest BCUT2D eigenvalue weighted by Crippen LogP contribution is -2.25. The molecule has 1 rings (SSSR count). The Morgan fingerprint density at radius 3 is 2.61 bits per heavy atom. The molecular weight excluding hydrogens is 249 g/mol. The fourth-order valence-electron chi connectivity index (χ4n) is 1.37. The SMILES string of the molecule is Cc1cc(CCC=N[S+]([O-])C(C)(C)C)ccc1F. The molecule has 0 spiro atoms. The summed E-state index contributed by atoms with van der Waals surface area (Å²) >= 11 is -1.19. The Labute approximate surface area is 112 Å². The van der Waals surface area contributed by atoms with Crippen LogP contribution in [0.4, 0.5) is 4.39 Å². The highest BCUT2D eigenvalue weighted by molar-refractivity contribution is 7.91. The second kappa shape index (κ2) is 6.34. The Kier molecular flexibility index (Phi) is 5.35. The Morgan fingerprint density at radius 1 is 1.39 bits per heavy atom. The monoisotopic (exact) mass is 269 g/mol. The van der Waals surface area contributed by atoms with Crippen LogP contribution in [0.15, 0.2) is 22.6 Å². The molecule has 1 unspecified atom stereocenters. The number of hydrogen-bond acceptors (Lipinski definition) is 2. The van der Waals surface area contributed by atoms with Gasteiger partial charge >= 0.3 is 0 Å². The molecule has 0 bridgehead atoms. The Balaban J connectivity index is 2.47. The van der Waals surface area contributed by atoms with Crippen LogP contribution in [0.5, 0.6) is 0 Å². The van der Waals surface area contributed by atoms with Crippen LogP contribution in [-0.4, -0.2) is 15.5 Å². The molecule has 0 aliphatic heterocycles. The number of aryl methyl sites for hydroxylation is 2. The van der Waals surface area contributed by atoms with E-state index in [1.54, 1.807) is 19.2 Å². The lowest BCUT2D eigenvalue weighted by molar-refractivity contribution is 0.561. The molecular formula is C14H20FNOS. The van der Waals surface area contributed by atoms with E-state index in [1.807, 2.05) is 26.8 Å². The molecule has 0 fully saturated rings. The Bertz CT molecular complexity index is 426. The van der Waals surface area contributed by atoms with E-state index in [2.05, 4.69) is 4.40 Å². The van der Waals surface area contributed by atoms with Crippen molar-refractivity contribution in [2.75, 3.05) is 0 Å². The summed E-state index contributed by atoms with van der Waals surface area (Å²) in [5, 5.41) is 0. The molecule has 100 valence electrons. The summed E-state index contributed by atoms with van der Waals surface area (Å²) in [7, 11) is 0. The van der Waals surface area contributed by atoms with E-state index < -0.39 is 11.4 Å². The zero-order chi connectivity index (χ0) is 13.8. The fraction of sp³-hybridized carbons (Fsp3) is 0.500. The van der Waals surface area contributed by atoms with Crippen LogP contribution >= 0.6 is 0 Å².